The molecule has 1 unspecified atom stereocenters. The van der Waals surface area contributed by atoms with Crippen molar-refractivity contribution in [2.45, 2.75) is 47.0 Å². The van der Waals surface area contributed by atoms with Crippen molar-refractivity contribution >= 4 is 24.9 Å². The largest absolute Gasteiger partial charge is 0.295 e. The van der Waals surface area contributed by atoms with Crippen LogP contribution in [0.25, 0.3) is 10.8 Å². The second kappa shape index (κ2) is 6.96. The first-order chi connectivity index (χ1) is 8.93. The van der Waals surface area contributed by atoms with Gasteiger partial charge in [-0.25, -0.2) is 0 Å². The molecule has 0 radical (unpaired) electrons. The van der Waals surface area contributed by atoms with E-state index in [0.717, 1.165) is 30.0 Å². The molecule has 0 heterocycles. The Bertz CT molecular complexity index is 589. The molecule has 2 rings (SSSR count). The third kappa shape index (κ3) is 3.98. The number of carbonyl (C=O) groups excluding carboxylic acids is 1. The minimum atomic E-state index is 0.249. The topological polar surface area (TPSA) is 34.1 Å². The van der Waals surface area contributed by atoms with Crippen molar-refractivity contribution in [1.29, 1.82) is 0 Å². The fourth-order valence-corrected chi connectivity index (χ4v) is 2.39. The normalized spacial score (nSPS) is 11.2. The molecule has 0 aliphatic heterocycles. The van der Waals surface area contributed by atoms with Gasteiger partial charge >= 0.3 is 0 Å². The van der Waals surface area contributed by atoms with Gasteiger partial charge in [0.05, 0.1) is 0 Å². The van der Waals surface area contributed by atoms with Gasteiger partial charge in [0.25, 0.3) is 0 Å². The zero-order valence-electron chi connectivity index (χ0n) is 12.5. The lowest BCUT2D eigenvalue weighted by molar-refractivity contribution is -0.111. The summed E-state index contributed by atoms with van der Waals surface area (Å²) in [5.74, 6) is 0. The summed E-state index contributed by atoms with van der Waals surface area (Å²) in [5.41, 5.74) is 4.33. The molecule has 2 aromatic rings. The van der Waals surface area contributed by atoms with Crippen LogP contribution in [0.15, 0.2) is 10.9 Å². The van der Waals surface area contributed by atoms with Crippen molar-refractivity contribution in [3.05, 3.63) is 33.0 Å². The molecule has 0 amide bonds. The highest BCUT2D eigenvalue weighted by molar-refractivity contribution is 7.57. The van der Waals surface area contributed by atoms with Crippen molar-refractivity contribution in [2.24, 2.45) is 0 Å². The predicted molar refractivity (Wildman–Crippen MR) is 85.6 cm³/mol. The zero-order valence-corrected chi connectivity index (χ0v) is 13.5. The molecule has 0 fully saturated rings. The SMILES string of the molecule is CCCCC(=O)PC.Cc1cc2c(=O)c2c(C)c1C. The van der Waals surface area contributed by atoms with E-state index >= 15 is 0 Å². The van der Waals surface area contributed by atoms with E-state index in [1.54, 1.807) is 0 Å². The third-order valence-corrected chi connectivity index (χ3v) is 4.41. The van der Waals surface area contributed by atoms with Crippen LogP contribution >= 0.6 is 8.58 Å². The molecule has 3 heteroatoms. The van der Waals surface area contributed by atoms with Crippen molar-refractivity contribution < 1.29 is 4.79 Å². The van der Waals surface area contributed by atoms with Crippen LogP contribution in [0.5, 0.6) is 0 Å². The molecule has 0 aliphatic carbocycles. The van der Waals surface area contributed by atoms with E-state index in [4.69, 9.17) is 0 Å². The Hall–Kier alpha value is -1.01. The van der Waals surface area contributed by atoms with Crippen molar-refractivity contribution in [3.63, 3.8) is 0 Å². The number of aryl methyl sites for hydroxylation is 2. The summed E-state index contributed by atoms with van der Waals surface area (Å²) in [4.78, 5) is 21.7. The highest BCUT2D eigenvalue weighted by Gasteiger charge is 2.16. The summed E-state index contributed by atoms with van der Waals surface area (Å²) < 4.78 is 0. The molecule has 0 N–H and O–H groups in total. The Morgan fingerprint density at radius 3 is 2.37 bits per heavy atom. The predicted octanol–water partition coefficient (Wildman–Crippen LogP) is 4.01. The second-order valence-electron chi connectivity index (χ2n) is 4.97. The Morgan fingerprint density at radius 2 is 1.84 bits per heavy atom. The van der Waals surface area contributed by atoms with Gasteiger partial charge in [-0.05, 0) is 56.6 Å². The van der Waals surface area contributed by atoms with E-state index in [0.29, 0.717) is 14.1 Å². The van der Waals surface area contributed by atoms with E-state index in [2.05, 4.69) is 13.8 Å². The molecule has 19 heavy (non-hydrogen) atoms. The lowest BCUT2D eigenvalue weighted by atomic mass is 10.1. The number of unbranched alkanes of at least 4 members (excludes halogenated alkanes) is 1. The second-order valence-corrected chi connectivity index (χ2v) is 6.03. The minimum Gasteiger partial charge on any atom is -0.295 e. The smallest absolute Gasteiger partial charge is 0.194 e. The minimum absolute atomic E-state index is 0.249. The Kier molecular flexibility index (Phi) is 5.87. The van der Waals surface area contributed by atoms with Gasteiger partial charge < -0.3 is 0 Å². The fourth-order valence-electron chi connectivity index (χ4n) is 1.96. The van der Waals surface area contributed by atoms with Gasteiger partial charge in [-0.1, -0.05) is 21.9 Å². The molecular formula is C16H23O2P. The maximum Gasteiger partial charge on any atom is 0.194 e. The molecule has 104 valence electrons. The van der Waals surface area contributed by atoms with Crippen LogP contribution in [0.3, 0.4) is 0 Å². The number of fused-ring (bicyclic) bond motifs is 1. The first kappa shape index (κ1) is 16.0. The van der Waals surface area contributed by atoms with Crippen molar-refractivity contribution in [3.8, 4) is 0 Å². The maximum absolute atomic E-state index is 11.1. The standard InChI is InChI=1S/C10H10O.C6H13OP/c1-5-4-8-9(10(8)11)7(3)6(5)2;1-3-4-5-6(7)8-2/h4H,1-3H3;8H,3-5H2,1-2H3. The van der Waals surface area contributed by atoms with Gasteiger partial charge in [-0.3, -0.25) is 9.59 Å². The van der Waals surface area contributed by atoms with Gasteiger partial charge in [0.15, 0.2) is 11.0 Å². The van der Waals surface area contributed by atoms with Gasteiger partial charge in [0, 0.05) is 17.2 Å². The van der Waals surface area contributed by atoms with Gasteiger partial charge in [-0.15, -0.1) is 0 Å². The maximum atomic E-state index is 11.1. The van der Waals surface area contributed by atoms with E-state index in [1.165, 1.54) is 16.7 Å². The summed E-state index contributed by atoms with van der Waals surface area (Å²) in [5, 5.41) is 1.90. The summed E-state index contributed by atoms with van der Waals surface area (Å²) in [6.07, 6.45) is 3.00. The van der Waals surface area contributed by atoms with Gasteiger partial charge in [-0.2, -0.15) is 0 Å². The Labute approximate surface area is 117 Å². The number of rotatable bonds is 4. The van der Waals surface area contributed by atoms with Crippen molar-refractivity contribution in [2.75, 3.05) is 6.66 Å². The highest BCUT2D eigenvalue weighted by Crippen LogP contribution is 2.25. The molecule has 0 bridgehead atoms. The number of hydrogen-bond acceptors (Lipinski definition) is 2. The first-order valence-electron chi connectivity index (χ1n) is 6.80. The number of carbonyl (C=O) groups is 1. The monoisotopic (exact) mass is 278 g/mol. The van der Waals surface area contributed by atoms with Gasteiger partial charge in [0.1, 0.15) is 0 Å². The zero-order chi connectivity index (χ0) is 14.6. The summed E-state index contributed by atoms with van der Waals surface area (Å²) >= 11 is 0. The number of benzene rings is 1. The lowest BCUT2D eigenvalue weighted by Gasteiger charge is -1.99. The molecule has 0 spiro atoms. The first-order valence-corrected chi connectivity index (χ1v) is 8.30. The van der Waals surface area contributed by atoms with Crippen molar-refractivity contribution in [1.82, 2.24) is 0 Å². The van der Waals surface area contributed by atoms with Crippen LogP contribution in [0.1, 0.15) is 42.9 Å². The van der Waals surface area contributed by atoms with E-state index in [9.17, 15) is 9.59 Å². The Morgan fingerprint density at radius 1 is 1.21 bits per heavy atom. The van der Waals surface area contributed by atoms with Gasteiger partial charge in [0.2, 0.25) is 0 Å². The third-order valence-electron chi connectivity index (χ3n) is 3.60. The summed E-state index contributed by atoms with van der Waals surface area (Å²) in [6.45, 7) is 10.2. The molecular weight excluding hydrogens is 255 g/mol. The molecule has 2 nitrogen and oxygen atoms in total. The van der Waals surface area contributed by atoms with E-state index in [1.807, 2.05) is 26.6 Å². The molecule has 0 aliphatic rings. The highest BCUT2D eigenvalue weighted by atomic mass is 31.1. The van der Waals surface area contributed by atoms with E-state index < -0.39 is 0 Å². The lowest BCUT2D eigenvalue weighted by Crippen LogP contribution is -1.85. The molecule has 2 aromatic carbocycles. The molecule has 0 aromatic heterocycles. The Balaban J connectivity index is 0.000000203. The van der Waals surface area contributed by atoms with Crippen LogP contribution in [-0.2, 0) is 4.79 Å². The quantitative estimate of drug-likeness (QED) is 0.792. The van der Waals surface area contributed by atoms with Crippen LogP contribution in [0.2, 0.25) is 0 Å². The van der Waals surface area contributed by atoms with E-state index in [-0.39, 0.29) is 5.43 Å². The average molecular weight is 278 g/mol. The molecule has 1 atom stereocenters. The summed E-state index contributed by atoms with van der Waals surface area (Å²) in [6, 6.07) is 1.99. The van der Waals surface area contributed by atoms with Crippen LogP contribution in [0.4, 0.5) is 0 Å². The molecule has 0 saturated carbocycles. The van der Waals surface area contributed by atoms with Crippen LogP contribution in [-0.4, -0.2) is 12.2 Å². The van der Waals surface area contributed by atoms with Crippen LogP contribution in [0, 0.1) is 20.8 Å². The van der Waals surface area contributed by atoms with Crippen LogP contribution < -0.4 is 5.43 Å². The fraction of sp³-hybridized carbons (Fsp3) is 0.500. The number of hydrogen-bond donors (Lipinski definition) is 0. The average Bonchev–Trinajstić information content (AvgIpc) is 3.04. The summed E-state index contributed by atoms with van der Waals surface area (Å²) in [7, 11) is 0.502. The molecule has 0 saturated heterocycles.